The number of benzene rings is 1. The van der Waals surface area contributed by atoms with E-state index in [1.807, 2.05) is 18.2 Å². The molecule has 5 nitrogen and oxygen atoms in total. The third kappa shape index (κ3) is 2.26. The average Bonchev–Trinajstić information content (AvgIpc) is 2.47. The number of nitrogens with zero attached hydrogens (tertiary/aromatic N) is 2. The van der Waals surface area contributed by atoms with Crippen molar-refractivity contribution in [2.45, 2.75) is 18.9 Å². The molecule has 2 heterocycles. The second kappa shape index (κ2) is 5.09. The molecule has 5 heteroatoms. The van der Waals surface area contributed by atoms with Gasteiger partial charge in [-0.1, -0.05) is 12.1 Å². The van der Waals surface area contributed by atoms with E-state index in [9.17, 15) is 4.79 Å². The highest BCUT2D eigenvalue weighted by Crippen LogP contribution is 2.35. The van der Waals surface area contributed by atoms with Gasteiger partial charge in [0.1, 0.15) is 0 Å². The summed E-state index contributed by atoms with van der Waals surface area (Å²) in [7, 11) is 0. The van der Waals surface area contributed by atoms with Gasteiger partial charge in [0.2, 0.25) is 0 Å². The lowest BCUT2D eigenvalue weighted by atomic mass is 10.0. The molecule has 0 radical (unpaired) electrons. The minimum atomic E-state index is -0.376. The Labute approximate surface area is 112 Å². The van der Waals surface area contributed by atoms with Crippen molar-refractivity contribution >= 4 is 17.4 Å². The molecule has 0 spiro atoms. The van der Waals surface area contributed by atoms with Crippen molar-refractivity contribution in [1.82, 2.24) is 0 Å². The Balaban J connectivity index is 1.91. The van der Waals surface area contributed by atoms with Gasteiger partial charge in [-0.2, -0.15) is 0 Å². The number of hydrogen-bond donors (Lipinski definition) is 1. The van der Waals surface area contributed by atoms with Crippen LogP contribution in [0.25, 0.3) is 0 Å². The van der Waals surface area contributed by atoms with Crippen LogP contribution in [-0.4, -0.2) is 38.4 Å². The van der Waals surface area contributed by atoms with Crippen molar-refractivity contribution in [3.05, 3.63) is 24.3 Å². The van der Waals surface area contributed by atoms with Crippen LogP contribution in [-0.2, 0) is 4.74 Å². The number of fused-ring (bicyclic) bond motifs is 1. The first-order valence-corrected chi connectivity index (χ1v) is 6.78. The number of amides is 2. The van der Waals surface area contributed by atoms with Crippen LogP contribution in [0.1, 0.15) is 12.8 Å². The van der Waals surface area contributed by atoms with E-state index in [-0.39, 0.29) is 6.03 Å². The summed E-state index contributed by atoms with van der Waals surface area (Å²) in [6.07, 6.45) is 2.09. The number of carbonyl (C=O) groups excluding carboxylic acids is 1. The maximum atomic E-state index is 11.5. The highest BCUT2D eigenvalue weighted by Gasteiger charge is 2.30. The zero-order valence-electron chi connectivity index (χ0n) is 10.9. The fourth-order valence-corrected chi connectivity index (χ4v) is 2.99. The number of anilines is 2. The first-order valence-electron chi connectivity index (χ1n) is 6.78. The number of nitrogens with two attached hydrogens (primary N) is 1. The molecule has 3 rings (SSSR count). The summed E-state index contributed by atoms with van der Waals surface area (Å²) in [5.41, 5.74) is 7.49. The zero-order chi connectivity index (χ0) is 13.2. The van der Waals surface area contributed by atoms with Crippen molar-refractivity contribution in [3.63, 3.8) is 0 Å². The molecule has 1 fully saturated rings. The minimum Gasteiger partial charge on any atom is -0.381 e. The van der Waals surface area contributed by atoms with Crippen molar-refractivity contribution < 1.29 is 9.53 Å². The molecule has 0 atom stereocenters. The second-order valence-corrected chi connectivity index (χ2v) is 5.02. The van der Waals surface area contributed by atoms with Gasteiger partial charge in [-0.15, -0.1) is 0 Å². The van der Waals surface area contributed by atoms with Gasteiger partial charge in [-0.05, 0) is 25.0 Å². The van der Waals surface area contributed by atoms with Gasteiger partial charge < -0.3 is 15.4 Å². The van der Waals surface area contributed by atoms with E-state index in [4.69, 9.17) is 10.5 Å². The van der Waals surface area contributed by atoms with Gasteiger partial charge in [0, 0.05) is 32.3 Å². The number of rotatable bonds is 1. The molecule has 1 aromatic rings. The van der Waals surface area contributed by atoms with E-state index in [0.717, 1.165) is 44.0 Å². The maximum Gasteiger partial charge on any atom is 0.319 e. The standard InChI is InChI=1S/C14H19N3O2/c15-14(18)17-8-7-16(11-5-9-19-10-6-11)12-3-1-2-4-13(12)17/h1-4,11H,5-10H2,(H2,15,18). The number of ether oxygens (including phenoxy) is 1. The van der Waals surface area contributed by atoms with Gasteiger partial charge in [0.15, 0.2) is 0 Å². The molecule has 0 unspecified atom stereocenters. The summed E-state index contributed by atoms with van der Waals surface area (Å²) in [6, 6.07) is 8.12. The van der Waals surface area contributed by atoms with Gasteiger partial charge >= 0.3 is 6.03 Å². The molecule has 2 aliphatic heterocycles. The number of para-hydroxylation sites is 2. The van der Waals surface area contributed by atoms with E-state index < -0.39 is 0 Å². The molecular formula is C14H19N3O2. The summed E-state index contributed by atoms with van der Waals surface area (Å²) in [5, 5.41) is 0. The molecule has 1 aromatic carbocycles. The molecule has 2 N–H and O–H groups in total. The number of hydrogen-bond acceptors (Lipinski definition) is 3. The first kappa shape index (κ1) is 12.3. The van der Waals surface area contributed by atoms with Gasteiger partial charge in [-0.3, -0.25) is 4.90 Å². The van der Waals surface area contributed by atoms with Crippen LogP contribution >= 0.6 is 0 Å². The maximum absolute atomic E-state index is 11.5. The van der Waals surface area contributed by atoms with Crippen LogP contribution in [0.2, 0.25) is 0 Å². The van der Waals surface area contributed by atoms with E-state index in [1.165, 1.54) is 0 Å². The van der Waals surface area contributed by atoms with Gasteiger partial charge in [0.05, 0.1) is 11.4 Å². The fourth-order valence-electron chi connectivity index (χ4n) is 2.99. The molecule has 1 saturated heterocycles. The molecule has 2 amide bonds. The Morgan fingerprint density at radius 1 is 1.16 bits per heavy atom. The lowest BCUT2D eigenvalue weighted by Gasteiger charge is -2.42. The van der Waals surface area contributed by atoms with Gasteiger partial charge in [-0.25, -0.2) is 4.79 Å². The minimum absolute atomic E-state index is 0.376. The van der Waals surface area contributed by atoms with Crippen LogP contribution in [0.5, 0.6) is 0 Å². The highest BCUT2D eigenvalue weighted by molar-refractivity contribution is 5.95. The highest BCUT2D eigenvalue weighted by atomic mass is 16.5. The molecule has 2 aliphatic rings. The topological polar surface area (TPSA) is 58.8 Å². The number of urea groups is 1. The molecule has 19 heavy (non-hydrogen) atoms. The van der Waals surface area contributed by atoms with Crippen molar-refractivity contribution in [2.75, 3.05) is 36.1 Å². The summed E-state index contributed by atoms with van der Waals surface area (Å²) in [6.45, 7) is 3.14. The van der Waals surface area contributed by atoms with E-state index in [1.54, 1.807) is 4.90 Å². The molecular weight excluding hydrogens is 242 g/mol. The average molecular weight is 261 g/mol. The Morgan fingerprint density at radius 2 is 1.84 bits per heavy atom. The largest absolute Gasteiger partial charge is 0.381 e. The molecule has 0 aliphatic carbocycles. The van der Waals surface area contributed by atoms with E-state index >= 15 is 0 Å². The van der Waals surface area contributed by atoms with Crippen molar-refractivity contribution in [2.24, 2.45) is 5.73 Å². The third-order valence-electron chi connectivity index (χ3n) is 3.94. The Morgan fingerprint density at radius 3 is 2.53 bits per heavy atom. The lowest BCUT2D eigenvalue weighted by molar-refractivity contribution is 0.0844. The SMILES string of the molecule is NC(=O)N1CCN(C2CCOCC2)c2ccccc21. The summed E-state index contributed by atoms with van der Waals surface area (Å²) in [5.74, 6) is 0. The van der Waals surface area contributed by atoms with Gasteiger partial charge in [0.25, 0.3) is 0 Å². The smallest absolute Gasteiger partial charge is 0.319 e. The van der Waals surface area contributed by atoms with Crippen LogP contribution in [0.4, 0.5) is 16.2 Å². The first-order chi connectivity index (χ1) is 9.27. The summed E-state index contributed by atoms with van der Waals surface area (Å²) < 4.78 is 5.43. The monoisotopic (exact) mass is 261 g/mol. The Bertz CT molecular complexity index is 472. The molecule has 102 valence electrons. The second-order valence-electron chi connectivity index (χ2n) is 5.02. The fraction of sp³-hybridized carbons (Fsp3) is 0.500. The normalized spacial score (nSPS) is 20.2. The summed E-state index contributed by atoms with van der Waals surface area (Å²) >= 11 is 0. The number of primary amides is 1. The van der Waals surface area contributed by atoms with Crippen LogP contribution in [0.15, 0.2) is 24.3 Å². The Hall–Kier alpha value is -1.75. The number of carbonyl (C=O) groups is 1. The summed E-state index contributed by atoms with van der Waals surface area (Å²) in [4.78, 5) is 15.6. The van der Waals surface area contributed by atoms with E-state index in [2.05, 4.69) is 11.0 Å². The quantitative estimate of drug-likeness (QED) is 0.834. The van der Waals surface area contributed by atoms with E-state index in [0.29, 0.717) is 12.6 Å². The van der Waals surface area contributed by atoms with Crippen LogP contribution in [0, 0.1) is 0 Å². The molecule has 0 bridgehead atoms. The predicted octanol–water partition coefficient (Wildman–Crippen LogP) is 1.57. The van der Waals surface area contributed by atoms with Crippen molar-refractivity contribution in [3.8, 4) is 0 Å². The third-order valence-corrected chi connectivity index (χ3v) is 3.94. The molecule has 0 saturated carbocycles. The van der Waals surface area contributed by atoms with Crippen LogP contribution in [0.3, 0.4) is 0 Å². The van der Waals surface area contributed by atoms with Crippen LogP contribution < -0.4 is 15.5 Å². The Kier molecular flexibility index (Phi) is 3.29. The lowest BCUT2D eigenvalue weighted by Crippen LogP contribution is -2.50. The molecule has 0 aromatic heterocycles. The zero-order valence-corrected chi connectivity index (χ0v) is 10.9. The predicted molar refractivity (Wildman–Crippen MR) is 74.6 cm³/mol. The van der Waals surface area contributed by atoms with Crippen molar-refractivity contribution in [1.29, 1.82) is 0 Å².